The van der Waals surface area contributed by atoms with Gasteiger partial charge in [-0.1, -0.05) is 20.4 Å². The van der Waals surface area contributed by atoms with Gasteiger partial charge in [0.05, 0.1) is 0 Å². The summed E-state index contributed by atoms with van der Waals surface area (Å²) in [6, 6.07) is 0. The van der Waals surface area contributed by atoms with E-state index in [0.29, 0.717) is 0 Å². The summed E-state index contributed by atoms with van der Waals surface area (Å²) >= 11 is 0. The molecule has 82 valence electrons. The van der Waals surface area contributed by atoms with Gasteiger partial charge < -0.3 is 9.87 Å². The molecule has 5 nitrogen and oxygen atoms in total. The van der Waals surface area contributed by atoms with Gasteiger partial charge in [-0.05, 0) is 12.8 Å². The van der Waals surface area contributed by atoms with Crippen molar-refractivity contribution < 1.29 is 69.1 Å². The predicted octanol–water partition coefficient (Wildman–Crippen LogP) is -2.79. The first-order chi connectivity index (χ1) is 6.16. The van der Waals surface area contributed by atoms with Crippen molar-refractivity contribution in [2.45, 2.75) is 26.1 Å². The third-order valence-electron chi connectivity index (χ3n) is 1.58. The van der Waals surface area contributed by atoms with Gasteiger partial charge in [0.15, 0.2) is 0 Å². The molecule has 0 radical (unpaired) electrons. The quantitative estimate of drug-likeness (QED) is 0.336. The predicted molar refractivity (Wildman–Crippen MR) is 51.3 cm³/mol. The summed E-state index contributed by atoms with van der Waals surface area (Å²) in [7, 11) is -4.52. The van der Waals surface area contributed by atoms with E-state index >= 15 is 0 Å². The van der Waals surface area contributed by atoms with Crippen molar-refractivity contribution in [1.29, 1.82) is 0 Å². The number of nitrogens with one attached hydrogen (secondary N) is 1. The number of hydrogen-bond donors (Lipinski definition) is 1. The number of carbonyl (C=O) groups is 1. The van der Waals surface area contributed by atoms with Gasteiger partial charge in [-0.2, -0.15) is 0 Å². The Morgan fingerprint density at radius 3 is 2.00 bits per heavy atom. The third-order valence-corrected chi connectivity index (χ3v) is 2.86. The zero-order valence-corrected chi connectivity index (χ0v) is 13.3. The second kappa shape index (κ2) is 7.15. The van der Waals surface area contributed by atoms with Crippen molar-refractivity contribution >= 4 is 16.0 Å². The first-order valence-electron chi connectivity index (χ1n) is 4.07. The molecule has 0 heterocycles. The second-order valence-electron chi connectivity index (χ2n) is 3.41. The topological polar surface area (TPSA) is 86.3 Å². The van der Waals surface area contributed by atoms with Crippen molar-refractivity contribution in [3.8, 4) is 0 Å². The molecule has 0 aliphatic carbocycles. The van der Waals surface area contributed by atoms with E-state index in [0.717, 1.165) is 0 Å². The molecule has 0 aromatic carbocycles. The molecular formula is C8H14KNO4S. The first kappa shape index (κ1) is 18.1. The van der Waals surface area contributed by atoms with Gasteiger partial charge in [0, 0.05) is 5.57 Å². The molecule has 0 aliphatic rings. The van der Waals surface area contributed by atoms with Gasteiger partial charge in [-0.15, -0.1) is 0 Å². The summed E-state index contributed by atoms with van der Waals surface area (Å²) < 4.78 is 32.2. The molecule has 1 N–H and O–H groups in total. The molecule has 0 aliphatic heterocycles. The van der Waals surface area contributed by atoms with Gasteiger partial charge in [0.2, 0.25) is 5.91 Å². The fraction of sp³-hybridized carbons (Fsp3) is 0.625. The smallest absolute Gasteiger partial charge is 0.746 e. The average molecular weight is 259 g/mol. The fourth-order valence-electron chi connectivity index (χ4n) is 0.825. The summed E-state index contributed by atoms with van der Waals surface area (Å²) in [5, 5.41) is 0.720. The van der Waals surface area contributed by atoms with E-state index in [4.69, 9.17) is 0 Å². The molecule has 0 bridgehead atoms. The minimum Gasteiger partial charge on any atom is -0.746 e. The van der Waals surface area contributed by atoms with Crippen molar-refractivity contribution in [1.82, 2.24) is 5.32 Å². The Hall–Kier alpha value is 0.756. The molecule has 0 fully saturated rings. The van der Waals surface area contributed by atoms with Crippen molar-refractivity contribution in [2.24, 2.45) is 5.92 Å². The molecular weight excluding hydrogens is 245 g/mol. The van der Waals surface area contributed by atoms with Gasteiger partial charge in [0.1, 0.15) is 15.5 Å². The van der Waals surface area contributed by atoms with Crippen molar-refractivity contribution in [3.05, 3.63) is 12.2 Å². The fourth-order valence-corrected chi connectivity index (χ4v) is 1.74. The summed E-state index contributed by atoms with van der Waals surface area (Å²) in [6.45, 7) is 7.86. The van der Waals surface area contributed by atoms with Crippen LogP contribution < -0.4 is 56.7 Å². The molecule has 0 aromatic rings. The molecule has 0 saturated carbocycles. The van der Waals surface area contributed by atoms with Crippen LogP contribution >= 0.6 is 0 Å². The molecule has 15 heavy (non-hydrogen) atoms. The van der Waals surface area contributed by atoms with E-state index in [-0.39, 0.29) is 57.0 Å². The largest absolute Gasteiger partial charge is 1.00 e. The number of carbonyl (C=O) groups excluding carboxylic acids is 1. The Balaban J connectivity index is 0. The van der Waals surface area contributed by atoms with Gasteiger partial charge in [0.25, 0.3) is 0 Å². The molecule has 1 amide bonds. The first-order valence-corrected chi connectivity index (χ1v) is 5.54. The third kappa shape index (κ3) is 6.83. The van der Waals surface area contributed by atoms with Crippen LogP contribution in [0.5, 0.6) is 0 Å². The maximum absolute atomic E-state index is 11.1. The van der Waals surface area contributed by atoms with Crippen LogP contribution in [0, 0.1) is 5.92 Å². The summed E-state index contributed by atoms with van der Waals surface area (Å²) in [4.78, 5) is 11.1. The molecule has 0 rings (SSSR count). The van der Waals surface area contributed by atoms with E-state index in [1.54, 1.807) is 13.8 Å². The molecule has 0 saturated heterocycles. The van der Waals surface area contributed by atoms with Gasteiger partial charge in [-0.3, -0.25) is 4.79 Å². The molecule has 7 heteroatoms. The van der Waals surface area contributed by atoms with Gasteiger partial charge >= 0.3 is 51.4 Å². The number of rotatable bonds is 4. The van der Waals surface area contributed by atoms with Crippen molar-refractivity contribution in [3.63, 3.8) is 0 Å². The van der Waals surface area contributed by atoms with Crippen LogP contribution in [-0.2, 0) is 14.9 Å². The van der Waals surface area contributed by atoms with Crippen LogP contribution in [0.15, 0.2) is 12.2 Å². The van der Waals surface area contributed by atoms with E-state index in [1.807, 2.05) is 0 Å². The standard InChI is InChI=1S/C8H15NO4S.K/c1-5(2)7(10)9-8(6(3)4)14(11,12)13;/h6,8H,1H2,2-4H3,(H,9,10)(H,11,12,13);/q;+1/p-1. The number of hydrogen-bond acceptors (Lipinski definition) is 4. The van der Waals surface area contributed by atoms with Gasteiger partial charge in [-0.25, -0.2) is 8.42 Å². The normalized spacial score (nSPS) is 12.9. The SMILES string of the molecule is C=C(C)C(=O)NC(C(C)C)S(=O)(=O)[O-].[K+]. The van der Waals surface area contributed by atoms with E-state index in [9.17, 15) is 17.8 Å². The monoisotopic (exact) mass is 259 g/mol. The van der Waals surface area contributed by atoms with E-state index in [1.165, 1.54) is 6.92 Å². The van der Waals surface area contributed by atoms with Crippen LogP contribution in [-0.4, -0.2) is 24.3 Å². The Labute approximate surface area is 133 Å². The Kier molecular flexibility index (Phi) is 8.65. The Morgan fingerprint density at radius 2 is 1.80 bits per heavy atom. The zero-order valence-electron chi connectivity index (χ0n) is 9.40. The number of amides is 1. The maximum Gasteiger partial charge on any atom is 1.00 e. The Bertz CT molecular complexity index is 337. The summed E-state index contributed by atoms with van der Waals surface area (Å²) in [5.74, 6) is -1.09. The molecule has 1 unspecified atom stereocenters. The van der Waals surface area contributed by atoms with Crippen LogP contribution in [0.2, 0.25) is 0 Å². The maximum atomic E-state index is 11.1. The molecule has 1 atom stereocenters. The van der Waals surface area contributed by atoms with Crippen LogP contribution in [0.4, 0.5) is 0 Å². The van der Waals surface area contributed by atoms with Crippen LogP contribution in [0.25, 0.3) is 0 Å². The van der Waals surface area contributed by atoms with Crippen molar-refractivity contribution in [2.75, 3.05) is 0 Å². The Morgan fingerprint density at radius 1 is 1.40 bits per heavy atom. The van der Waals surface area contributed by atoms with E-state index in [2.05, 4.69) is 11.9 Å². The van der Waals surface area contributed by atoms with E-state index < -0.39 is 27.3 Å². The average Bonchev–Trinajstić information content (AvgIpc) is 1.96. The van der Waals surface area contributed by atoms with Crippen LogP contribution in [0.3, 0.4) is 0 Å². The van der Waals surface area contributed by atoms with Crippen LogP contribution in [0.1, 0.15) is 20.8 Å². The minimum absolute atomic E-state index is 0. The minimum atomic E-state index is -4.52. The summed E-state index contributed by atoms with van der Waals surface area (Å²) in [5.41, 5.74) is 0.166. The molecule has 0 aromatic heterocycles. The second-order valence-corrected chi connectivity index (χ2v) is 4.90. The zero-order chi connectivity index (χ0) is 11.5. The summed E-state index contributed by atoms with van der Waals surface area (Å²) in [6.07, 6.45) is 0. The molecule has 0 spiro atoms.